The average Bonchev–Trinajstić information content (AvgIpc) is 2.03. The molecule has 0 spiro atoms. The van der Waals surface area contributed by atoms with E-state index in [2.05, 4.69) is 0 Å². The summed E-state index contributed by atoms with van der Waals surface area (Å²) in [4.78, 5) is 22.8. The smallest absolute Gasteiger partial charge is 0.141 e. The number of Topliss-reactive ketones (excluding diaryl/α,β-unsaturated/α-hetero) is 2. The molecule has 0 unspecified atom stereocenters. The van der Waals surface area contributed by atoms with E-state index in [1.807, 2.05) is 20.8 Å². The largest absolute Gasteiger partial charge is 0.300 e. The molecule has 1 saturated carbocycles. The lowest BCUT2D eigenvalue weighted by Gasteiger charge is -2.26. The number of carbonyl (C=O) groups is 2. The Balaban J connectivity index is 2.55. The van der Waals surface area contributed by atoms with Crippen LogP contribution in [-0.4, -0.2) is 11.6 Å². The number of carbonyl (C=O) groups excluding carboxylic acids is 2. The van der Waals surface area contributed by atoms with Gasteiger partial charge in [-0.05, 0) is 12.8 Å². The Morgan fingerprint density at radius 1 is 1.23 bits per heavy atom. The van der Waals surface area contributed by atoms with Gasteiger partial charge in [0, 0.05) is 24.2 Å². The van der Waals surface area contributed by atoms with Gasteiger partial charge in [0.1, 0.15) is 11.6 Å². The van der Waals surface area contributed by atoms with E-state index < -0.39 is 0 Å². The van der Waals surface area contributed by atoms with Crippen LogP contribution in [0.4, 0.5) is 0 Å². The van der Waals surface area contributed by atoms with Crippen molar-refractivity contribution in [3.05, 3.63) is 0 Å². The maximum absolute atomic E-state index is 11.8. The van der Waals surface area contributed by atoms with Crippen LogP contribution in [0.1, 0.15) is 46.5 Å². The molecular formula is C11H18O2. The van der Waals surface area contributed by atoms with Crippen LogP contribution in [-0.2, 0) is 9.59 Å². The quantitative estimate of drug-likeness (QED) is 0.624. The summed E-state index contributed by atoms with van der Waals surface area (Å²) in [5.74, 6) is 0.774. The summed E-state index contributed by atoms with van der Waals surface area (Å²) in [5.41, 5.74) is -0.245. The highest BCUT2D eigenvalue weighted by Crippen LogP contribution is 2.29. The van der Waals surface area contributed by atoms with Gasteiger partial charge in [-0.1, -0.05) is 20.8 Å². The molecule has 0 aliphatic heterocycles. The van der Waals surface area contributed by atoms with Crippen molar-refractivity contribution in [2.45, 2.75) is 46.5 Å². The van der Waals surface area contributed by atoms with Crippen molar-refractivity contribution in [3.63, 3.8) is 0 Å². The molecule has 1 aliphatic carbocycles. The molecule has 0 bridgehead atoms. The fourth-order valence-corrected chi connectivity index (χ4v) is 1.81. The fraction of sp³-hybridized carbons (Fsp3) is 0.818. The summed E-state index contributed by atoms with van der Waals surface area (Å²) in [7, 11) is 0. The van der Waals surface area contributed by atoms with Crippen LogP contribution >= 0.6 is 0 Å². The van der Waals surface area contributed by atoms with E-state index in [-0.39, 0.29) is 11.3 Å². The van der Waals surface area contributed by atoms with Crippen LogP contribution in [0, 0.1) is 11.3 Å². The lowest BCUT2D eigenvalue weighted by molar-refractivity contribution is -0.133. The van der Waals surface area contributed by atoms with Gasteiger partial charge in [0.25, 0.3) is 0 Å². The lowest BCUT2D eigenvalue weighted by atomic mass is 9.76. The van der Waals surface area contributed by atoms with E-state index in [4.69, 9.17) is 0 Å². The van der Waals surface area contributed by atoms with E-state index in [0.717, 1.165) is 12.8 Å². The standard InChI is InChI=1S/C11H18O2/c1-11(2,3)10(13)8-4-6-9(12)7-5-8/h8H,4-7H2,1-3H3. The molecular weight excluding hydrogens is 164 g/mol. The van der Waals surface area contributed by atoms with Gasteiger partial charge in [-0.2, -0.15) is 0 Å². The molecule has 0 heterocycles. The highest BCUT2D eigenvalue weighted by atomic mass is 16.1. The molecule has 2 heteroatoms. The average molecular weight is 182 g/mol. The topological polar surface area (TPSA) is 34.1 Å². The third-order valence-electron chi connectivity index (χ3n) is 2.65. The van der Waals surface area contributed by atoms with Crippen LogP contribution < -0.4 is 0 Å². The Morgan fingerprint density at radius 2 is 1.69 bits per heavy atom. The number of ketones is 2. The second-order valence-corrected chi connectivity index (χ2v) is 4.93. The summed E-state index contributed by atoms with van der Waals surface area (Å²) in [6, 6.07) is 0. The summed E-state index contributed by atoms with van der Waals surface area (Å²) in [5, 5.41) is 0. The fourth-order valence-electron chi connectivity index (χ4n) is 1.81. The second-order valence-electron chi connectivity index (χ2n) is 4.93. The van der Waals surface area contributed by atoms with Crippen molar-refractivity contribution in [2.24, 2.45) is 11.3 Å². The molecule has 2 nitrogen and oxygen atoms in total. The van der Waals surface area contributed by atoms with E-state index in [1.165, 1.54) is 0 Å². The minimum atomic E-state index is -0.245. The normalized spacial score (nSPS) is 20.4. The van der Waals surface area contributed by atoms with Crippen LogP contribution in [0.2, 0.25) is 0 Å². The van der Waals surface area contributed by atoms with E-state index in [9.17, 15) is 9.59 Å². The molecule has 74 valence electrons. The van der Waals surface area contributed by atoms with Crippen LogP contribution in [0.3, 0.4) is 0 Å². The molecule has 0 aromatic carbocycles. The first-order valence-electron chi connectivity index (χ1n) is 4.97. The van der Waals surface area contributed by atoms with Gasteiger partial charge in [-0.3, -0.25) is 9.59 Å². The molecule has 0 saturated heterocycles. The van der Waals surface area contributed by atoms with Crippen LogP contribution in [0.25, 0.3) is 0 Å². The Labute approximate surface area is 79.7 Å². The Morgan fingerprint density at radius 3 is 2.08 bits per heavy atom. The third-order valence-corrected chi connectivity index (χ3v) is 2.65. The van der Waals surface area contributed by atoms with Gasteiger partial charge in [-0.25, -0.2) is 0 Å². The molecule has 0 amide bonds. The third kappa shape index (κ3) is 2.64. The maximum atomic E-state index is 11.8. The van der Waals surface area contributed by atoms with Gasteiger partial charge in [-0.15, -0.1) is 0 Å². The first kappa shape index (κ1) is 10.4. The molecule has 1 fully saturated rings. The van der Waals surface area contributed by atoms with E-state index >= 15 is 0 Å². The zero-order valence-corrected chi connectivity index (χ0v) is 8.72. The number of hydrogen-bond acceptors (Lipinski definition) is 2. The zero-order chi connectivity index (χ0) is 10.1. The van der Waals surface area contributed by atoms with Crippen LogP contribution in [0.15, 0.2) is 0 Å². The first-order valence-corrected chi connectivity index (χ1v) is 4.97. The Kier molecular flexibility index (Phi) is 2.89. The minimum absolute atomic E-state index is 0.137. The van der Waals surface area contributed by atoms with Crippen LogP contribution in [0.5, 0.6) is 0 Å². The Bertz CT molecular complexity index is 213. The van der Waals surface area contributed by atoms with Gasteiger partial charge < -0.3 is 0 Å². The summed E-state index contributed by atoms with van der Waals surface area (Å²) in [6.45, 7) is 5.85. The minimum Gasteiger partial charge on any atom is -0.300 e. The van der Waals surface area contributed by atoms with Crippen molar-refractivity contribution in [1.82, 2.24) is 0 Å². The molecule has 0 aromatic rings. The van der Waals surface area contributed by atoms with E-state index in [1.54, 1.807) is 0 Å². The monoisotopic (exact) mass is 182 g/mol. The highest BCUT2D eigenvalue weighted by Gasteiger charge is 2.31. The summed E-state index contributed by atoms with van der Waals surface area (Å²) >= 11 is 0. The maximum Gasteiger partial charge on any atom is 0.141 e. The lowest BCUT2D eigenvalue weighted by Crippen LogP contribution is -2.31. The second kappa shape index (κ2) is 3.60. The molecule has 1 aliphatic rings. The number of hydrogen-bond donors (Lipinski definition) is 0. The molecule has 0 aromatic heterocycles. The van der Waals surface area contributed by atoms with Gasteiger partial charge >= 0.3 is 0 Å². The molecule has 1 rings (SSSR count). The van der Waals surface area contributed by atoms with Crippen molar-refractivity contribution >= 4 is 11.6 Å². The van der Waals surface area contributed by atoms with Gasteiger partial charge in [0.05, 0.1) is 0 Å². The summed E-state index contributed by atoms with van der Waals surface area (Å²) in [6.07, 6.45) is 2.75. The zero-order valence-electron chi connectivity index (χ0n) is 8.72. The summed E-state index contributed by atoms with van der Waals surface area (Å²) < 4.78 is 0. The van der Waals surface area contributed by atoms with Crippen molar-refractivity contribution in [2.75, 3.05) is 0 Å². The predicted molar refractivity (Wildman–Crippen MR) is 51.4 cm³/mol. The molecule has 0 radical (unpaired) electrons. The first-order chi connectivity index (χ1) is 5.91. The molecule has 0 atom stereocenters. The highest BCUT2D eigenvalue weighted by molar-refractivity contribution is 5.88. The number of rotatable bonds is 1. The van der Waals surface area contributed by atoms with Crippen molar-refractivity contribution in [1.29, 1.82) is 0 Å². The van der Waals surface area contributed by atoms with Gasteiger partial charge in [0.15, 0.2) is 0 Å². The molecule has 13 heavy (non-hydrogen) atoms. The van der Waals surface area contributed by atoms with Crippen molar-refractivity contribution < 1.29 is 9.59 Å². The van der Waals surface area contributed by atoms with Gasteiger partial charge in [0.2, 0.25) is 0 Å². The Hall–Kier alpha value is -0.660. The molecule has 0 N–H and O–H groups in total. The SMILES string of the molecule is CC(C)(C)C(=O)C1CCC(=O)CC1. The van der Waals surface area contributed by atoms with E-state index in [0.29, 0.717) is 24.4 Å². The predicted octanol–water partition coefficient (Wildman–Crippen LogP) is 2.36. The van der Waals surface area contributed by atoms with Crippen molar-refractivity contribution in [3.8, 4) is 0 Å².